The first-order valence-electron chi connectivity index (χ1n) is 7.08. The number of benzene rings is 2. The van der Waals surface area contributed by atoms with E-state index in [0.717, 1.165) is 25.8 Å². The third-order valence-corrected chi connectivity index (χ3v) is 5.19. The summed E-state index contributed by atoms with van der Waals surface area (Å²) in [5.74, 6) is 0.447. The van der Waals surface area contributed by atoms with E-state index in [1.807, 2.05) is 50.2 Å². The summed E-state index contributed by atoms with van der Waals surface area (Å²) in [4.78, 5) is 16.5. The third kappa shape index (κ3) is 3.71. The lowest BCUT2D eigenvalue weighted by molar-refractivity contribution is -0.118. The number of rotatable bonds is 4. The lowest BCUT2D eigenvalue weighted by atomic mass is 10.2. The van der Waals surface area contributed by atoms with E-state index in [9.17, 15) is 4.79 Å². The monoisotopic (exact) mass is 390 g/mol. The number of carbonyl (C=O) groups is 1. The SMILES string of the molecule is Cc1cc(OCC(=O)Nc2nc3c(C)cccc3s2)ccc1Br. The van der Waals surface area contributed by atoms with Crippen molar-refractivity contribution in [1.82, 2.24) is 4.98 Å². The molecule has 0 fully saturated rings. The van der Waals surface area contributed by atoms with Crippen molar-refractivity contribution in [1.29, 1.82) is 0 Å². The smallest absolute Gasteiger partial charge is 0.264 e. The molecule has 0 spiro atoms. The maximum absolute atomic E-state index is 12.0. The Balaban J connectivity index is 1.64. The molecule has 1 amide bonds. The van der Waals surface area contributed by atoms with Gasteiger partial charge in [0.1, 0.15) is 5.75 Å². The molecule has 0 aliphatic heterocycles. The molecule has 1 heterocycles. The Morgan fingerprint density at radius 3 is 2.83 bits per heavy atom. The minimum Gasteiger partial charge on any atom is -0.484 e. The number of amides is 1. The molecule has 0 bridgehead atoms. The second-order valence-electron chi connectivity index (χ2n) is 5.19. The molecule has 4 nitrogen and oxygen atoms in total. The number of aryl methyl sites for hydroxylation is 2. The highest BCUT2D eigenvalue weighted by Gasteiger charge is 2.10. The van der Waals surface area contributed by atoms with Crippen molar-refractivity contribution >= 4 is 48.5 Å². The second-order valence-corrected chi connectivity index (χ2v) is 7.07. The van der Waals surface area contributed by atoms with Crippen molar-refractivity contribution in [3.63, 3.8) is 0 Å². The Hall–Kier alpha value is -1.92. The number of carbonyl (C=O) groups excluding carboxylic acids is 1. The van der Waals surface area contributed by atoms with Crippen LogP contribution in [0.3, 0.4) is 0 Å². The molecule has 0 radical (unpaired) electrons. The average Bonchev–Trinajstić information content (AvgIpc) is 2.92. The Morgan fingerprint density at radius 2 is 2.09 bits per heavy atom. The molecule has 0 saturated heterocycles. The highest BCUT2D eigenvalue weighted by molar-refractivity contribution is 9.10. The summed E-state index contributed by atoms with van der Waals surface area (Å²) in [6, 6.07) is 11.6. The normalized spacial score (nSPS) is 10.7. The van der Waals surface area contributed by atoms with Gasteiger partial charge in [0.2, 0.25) is 0 Å². The fraction of sp³-hybridized carbons (Fsp3) is 0.176. The van der Waals surface area contributed by atoms with Gasteiger partial charge in [-0.2, -0.15) is 0 Å². The third-order valence-electron chi connectivity index (χ3n) is 3.37. The first-order valence-corrected chi connectivity index (χ1v) is 8.69. The zero-order valence-electron chi connectivity index (χ0n) is 12.7. The van der Waals surface area contributed by atoms with Gasteiger partial charge in [-0.15, -0.1) is 0 Å². The van der Waals surface area contributed by atoms with Crippen LogP contribution in [0.25, 0.3) is 10.2 Å². The van der Waals surface area contributed by atoms with Crippen molar-refractivity contribution < 1.29 is 9.53 Å². The summed E-state index contributed by atoms with van der Waals surface area (Å²) in [5.41, 5.74) is 3.09. The van der Waals surface area contributed by atoms with Gasteiger partial charge < -0.3 is 4.74 Å². The molecule has 1 N–H and O–H groups in total. The predicted molar refractivity (Wildman–Crippen MR) is 97.4 cm³/mol. The van der Waals surface area contributed by atoms with Gasteiger partial charge in [0.15, 0.2) is 11.7 Å². The number of nitrogens with one attached hydrogen (secondary N) is 1. The molecule has 0 aliphatic rings. The van der Waals surface area contributed by atoms with Crippen LogP contribution in [-0.2, 0) is 4.79 Å². The Kier molecular flexibility index (Phi) is 4.63. The fourth-order valence-corrected chi connectivity index (χ4v) is 3.36. The number of thiazole rings is 1. The lowest BCUT2D eigenvalue weighted by Gasteiger charge is -2.07. The standard InChI is InChI=1S/C17H15BrN2O2S/c1-10-4-3-5-14-16(10)20-17(23-14)19-15(21)9-22-12-6-7-13(18)11(2)8-12/h3-8H,9H2,1-2H3,(H,19,20,21). The molecule has 0 atom stereocenters. The van der Waals surface area contributed by atoms with Crippen LogP contribution in [0, 0.1) is 13.8 Å². The number of halogens is 1. The zero-order valence-corrected chi connectivity index (χ0v) is 15.1. The number of anilines is 1. The van der Waals surface area contributed by atoms with E-state index in [1.165, 1.54) is 11.3 Å². The molecule has 0 aliphatic carbocycles. The number of fused-ring (bicyclic) bond motifs is 1. The van der Waals surface area contributed by atoms with Gasteiger partial charge in [-0.25, -0.2) is 4.98 Å². The van der Waals surface area contributed by atoms with Crippen molar-refractivity contribution in [2.24, 2.45) is 0 Å². The summed E-state index contributed by atoms with van der Waals surface area (Å²) in [7, 11) is 0. The topological polar surface area (TPSA) is 51.2 Å². The van der Waals surface area contributed by atoms with E-state index in [1.54, 1.807) is 0 Å². The van der Waals surface area contributed by atoms with Crippen LogP contribution < -0.4 is 10.1 Å². The molecule has 23 heavy (non-hydrogen) atoms. The number of hydrogen-bond acceptors (Lipinski definition) is 4. The van der Waals surface area contributed by atoms with Crippen LogP contribution >= 0.6 is 27.3 Å². The van der Waals surface area contributed by atoms with Crippen molar-refractivity contribution in [2.75, 3.05) is 11.9 Å². The van der Waals surface area contributed by atoms with Crippen LogP contribution in [-0.4, -0.2) is 17.5 Å². The van der Waals surface area contributed by atoms with Crippen LogP contribution in [0.5, 0.6) is 5.75 Å². The predicted octanol–water partition coefficient (Wildman–Crippen LogP) is 4.69. The number of ether oxygens (including phenoxy) is 1. The van der Waals surface area contributed by atoms with Crippen molar-refractivity contribution in [2.45, 2.75) is 13.8 Å². The molecule has 2 aromatic carbocycles. The van der Waals surface area contributed by atoms with E-state index in [4.69, 9.17) is 4.74 Å². The largest absolute Gasteiger partial charge is 0.484 e. The first-order chi connectivity index (χ1) is 11.0. The Bertz CT molecular complexity index is 876. The summed E-state index contributed by atoms with van der Waals surface area (Å²) >= 11 is 4.90. The minimum atomic E-state index is -0.220. The van der Waals surface area contributed by atoms with Gasteiger partial charge in [0, 0.05) is 4.47 Å². The van der Waals surface area contributed by atoms with Gasteiger partial charge >= 0.3 is 0 Å². The molecule has 118 valence electrons. The minimum absolute atomic E-state index is 0.0457. The second kappa shape index (κ2) is 6.68. The number of nitrogens with zero attached hydrogens (tertiary/aromatic N) is 1. The molecular formula is C17H15BrN2O2S. The van der Waals surface area contributed by atoms with E-state index in [2.05, 4.69) is 26.2 Å². The van der Waals surface area contributed by atoms with Crippen molar-refractivity contribution in [3.05, 3.63) is 52.0 Å². The van der Waals surface area contributed by atoms with Gasteiger partial charge in [-0.3, -0.25) is 10.1 Å². The van der Waals surface area contributed by atoms with E-state index in [0.29, 0.717) is 10.9 Å². The maximum atomic E-state index is 12.0. The Morgan fingerprint density at radius 1 is 1.26 bits per heavy atom. The first kappa shape index (κ1) is 16.0. The summed E-state index contributed by atoms with van der Waals surface area (Å²) in [5, 5.41) is 3.38. The average molecular weight is 391 g/mol. The van der Waals surface area contributed by atoms with Crippen LogP contribution in [0.15, 0.2) is 40.9 Å². The van der Waals surface area contributed by atoms with Gasteiger partial charge in [-0.1, -0.05) is 39.4 Å². The van der Waals surface area contributed by atoms with Gasteiger partial charge in [0.25, 0.3) is 5.91 Å². The molecule has 6 heteroatoms. The molecule has 1 aromatic heterocycles. The Labute approximate surface area is 146 Å². The quantitative estimate of drug-likeness (QED) is 0.702. The lowest BCUT2D eigenvalue weighted by Crippen LogP contribution is -2.20. The van der Waals surface area contributed by atoms with E-state index in [-0.39, 0.29) is 12.5 Å². The number of aromatic nitrogens is 1. The van der Waals surface area contributed by atoms with Crippen LogP contribution in [0.1, 0.15) is 11.1 Å². The van der Waals surface area contributed by atoms with E-state index < -0.39 is 0 Å². The number of hydrogen-bond donors (Lipinski definition) is 1. The summed E-state index contributed by atoms with van der Waals surface area (Å²) in [6.45, 7) is 3.93. The summed E-state index contributed by atoms with van der Waals surface area (Å²) < 4.78 is 7.59. The highest BCUT2D eigenvalue weighted by atomic mass is 79.9. The van der Waals surface area contributed by atoms with E-state index >= 15 is 0 Å². The van der Waals surface area contributed by atoms with Gasteiger partial charge in [0.05, 0.1) is 10.2 Å². The summed E-state index contributed by atoms with van der Waals surface area (Å²) in [6.07, 6.45) is 0. The molecule has 0 saturated carbocycles. The van der Waals surface area contributed by atoms with Gasteiger partial charge in [-0.05, 0) is 49.2 Å². The maximum Gasteiger partial charge on any atom is 0.264 e. The molecule has 3 rings (SSSR count). The highest BCUT2D eigenvalue weighted by Crippen LogP contribution is 2.28. The molecule has 3 aromatic rings. The van der Waals surface area contributed by atoms with Crippen LogP contribution in [0.4, 0.5) is 5.13 Å². The fourth-order valence-electron chi connectivity index (χ4n) is 2.15. The number of para-hydroxylation sites is 1. The molecule has 0 unspecified atom stereocenters. The zero-order chi connectivity index (χ0) is 16.4. The molecular weight excluding hydrogens is 376 g/mol. The van der Waals surface area contributed by atoms with Crippen LogP contribution in [0.2, 0.25) is 0 Å². The van der Waals surface area contributed by atoms with Crippen molar-refractivity contribution in [3.8, 4) is 5.75 Å².